The van der Waals surface area contributed by atoms with Crippen LogP contribution in [-0.4, -0.2) is 30.9 Å². The average molecular weight is 290 g/mol. The quantitative estimate of drug-likeness (QED) is 0.838. The molecule has 1 saturated heterocycles. The maximum atomic E-state index is 11.0. The van der Waals surface area contributed by atoms with Gasteiger partial charge in [0.2, 0.25) is 0 Å². The first-order valence-corrected chi connectivity index (χ1v) is 7.58. The lowest BCUT2D eigenvalue weighted by Crippen LogP contribution is -2.44. The van der Waals surface area contributed by atoms with Crippen molar-refractivity contribution in [3.8, 4) is 5.75 Å². The second kappa shape index (κ2) is 5.68. The summed E-state index contributed by atoms with van der Waals surface area (Å²) in [6, 6.07) is 7.94. The lowest BCUT2D eigenvalue weighted by Gasteiger charge is -2.37. The van der Waals surface area contributed by atoms with Crippen molar-refractivity contribution in [2.24, 2.45) is 11.3 Å². The molecule has 1 aromatic carbocycles. The normalized spacial score (nSPS) is 21.4. The first-order chi connectivity index (χ1) is 10.1. The van der Waals surface area contributed by atoms with E-state index in [9.17, 15) is 4.79 Å². The zero-order valence-electron chi connectivity index (χ0n) is 12.4. The van der Waals surface area contributed by atoms with Crippen LogP contribution in [0.2, 0.25) is 0 Å². The molecule has 2 fully saturated rings. The molecule has 1 saturated carbocycles. The van der Waals surface area contributed by atoms with Gasteiger partial charge in [0.1, 0.15) is 5.75 Å². The van der Waals surface area contributed by atoms with Gasteiger partial charge in [-0.1, -0.05) is 19.1 Å². The van der Waals surface area contributed by atoms with Gasteiger partial charge in [-0.3, -0.25) is 4.79 Å². The molecule has 1 unspecified atom stereocenters. The molecule has 3 rings (SSSR count). The highest BCUT2D eigenvalue weighted by Crippen LogP contribution is 2.44. The molecule has 1 N–H and O–H groups in total. The molecule has 0 spiro atoms. The van der Waals surface area contributed by atoms with Crippen LogP contribution >= 0.6 is 0 Å². The van der Waals surface area contributed by atoms with Crippen molar-refractivity contribution in [3.63, 3.8) is 0 Å². The molecule has 1 aromatic rings. The number of carbonyl (C=O) groups is 1. The van der Waals surface area contributed by atoms with Gasteiger partial charge in [-0.05, 0) is 42.4 Å². The topological polar surface area (TPSA) is 55.8 Å². The van der Waals surface area contributed by atoms with Crippen molar-refractivity contribution >= 4 is 5.97 Å². The van der Waals surface area contributed by atoms with Crippen molar-refractivity contribution < 1.29 is 19.4 Å². The molecule has 1 aliphatic carbocycles. The smallest absolute Gasteiger partial charge is 0.303 e. The van der Waals surface area contributed by atoms with Gasteiger partial charge in [-0.2, -0.15) is 0 Å². The average Bonchev–Trinajstić information content (AvgIpc) is 3.25. The highest BCUT2D eigenvalue weighted by molar-refractivity contribution is 5.68. The number of hydrogen-bond acceptors (Lipinski definition) is 3. The van der Waals surface area contributed by atoms with Crippen molar-refractivity contribution in [1.82, 2.24) is 0 Å². The number of carboxylic acids is 1. The third-order valence-corrected chi connectivity index (χ3v) is 4.38. The molecular weight excluding hydrogens is 268 g/mol. The summed E-state index contributed by atoms with van der Waals surface area (Å²) in [5.41, 5.74) is 1.25. The summed E-state index contributed by atoms with van der Waals surface area (Å²) in [7, 11) is 0. The van der Waals surface area contributed by atoms with Gasteiger partial charge < -0.3 is 14.6 Å². The largest absolute Gasteiger partial charge is 0.493 e. The molecule has 1 atom stereocenters. The molecule has 1 heterocycles. The van der Waals surface area contributed by atoms with E-state index >= 15 is 0 Å². The predicted octanol–water partition coefficient (Wildman–Crippen LogP) is 3.07. The molecule has 4 heteroatoms. The third-order valence-electron chi connectivity index (χ3n) is 4.38. The van der Waals surface area contributed by atoms with Crippen LogP contribution in [0.5, 0.6) is 5.75 Å². The Bertz CT molecular complexity index is 500. The van der Waals surface area contributed by atoms with Gasteiger partial charge in [-0.15, -0.1) is 0 Å². The minimum atomic E-state index is -0.717. The maximum absolute atomic E-state index is 11.0. The molecule has 0 radical (unpaired) electrons. The fourth-order valence-electron chi connectivity index (χ4n) is 2.85. The first kappa shape index (κ1) is 14.4. The van der Waals surface area contributed by atoms with Crippen LogP contribution in [0.4, 0.5) is 0 Å². The van der Waals surface area contributed by atoms with E-state index in [2.05, 4.69) is 6.92 Å². The Hall–Kier alpha value is -1.55. The number of benzene rings is 1. The Morgan fingerprint density at radius 1 is 1.38 bits per heavy atom. The number of hydrogen-bond donors (Lipinski definition) is 1. The number of carboxylic acid groups (broad SMARTS) is 1. The molecular formula is C17H22O4. The lowest BCUT2D eigenvalue weighted by molar-refractivity contribution is -0.137. The SMILES string of the molecule is CC1(COc2ccc(C(CC(=O)O)C3CC3)cc2)COC1. The minimum Gasteiger partial charge on any atom is -0.493 e. The van der Waals surface area contributed by atoms with Crippen LogP contribution in [0.25, 0.3) is 0 Å². The standard InChI is InChI=1S/C17H22O4/c1-17(9-20-10-17)11-21-14-6-4-13(5-7-14)15(8-16(18)19)12-2-3-12/h4-7,12,15H,2-3,8-11H2,1H3,(H,18,19). The molecule has 21 heavy (non-hydrogen) atoms. The fraction of sp³-hybridized carbons (Fsp3) is 0.588. The van der Waals surface area contributed by atoms with E-state index in [1.807, 2.05) is 24.3 Å². The van der Waals surface area contributed by atoms with Crippen molar-refractivity contribution in [2.75, 3.05) is 19.8 Å². The summed E-state index contributed by atoms with van der Waals surface area (Å²) in [5.74, 6) is 0.815. The van der Waals surface area contributed by atoms with Crippen LogP contribution < -0.4 is 4.74 Å². The number of ether oxygens (including phenoxy) is 2. The second-order valence-corrected chi connectivity index (χ2v) is 6.70. The Morgan fingerprint density at radius 2 is 2.05 bits per heavy atom. The molecule has 0 bridgehead atoms. The highest BCUT2D eigenvalue weighted by Gasteiger charge is 2.35. The Balaban J connectivity index is 1.61. The summed E-state index contributed by atoms with van der Waals surface area (Å²) < 4.78 is 11.0. The van der Waals surface area contributed by atoms with Crippen molar-refractivity contribution in [3.05, 3.63) is 29.8 Å². The summed E-state index contributed by atoms with van der Waals surface area (Å²) in [4.78, 5) is 11.0. The third kappa shape index (κ3) is 3.56. The van der Waals surface area contributed by atoms with E-state index in [0.29, 0.717) is 12.5 Å². The zero-order valence-corrected chi connectivity index (χ0v) is 12.4. The minimum absolute atomic E-state index is 0.137. The van der Waals surface area contributed by atoms with Crippen LogP contribution in [0.1, 0.15) is 37.7 Å². The van der Waals surface area contributed by atoms with Gasteiger partial charge >= 0.3 is 5.97 Å². The van der Waals surface area contributed by atoms with Crippen molar-refractivity contribution in [1.29, 1.82) is 0 Å². The van der Waals surface area contributed by atoms with Crippen LogP contribution in [0.15, 0.2) is 24.3 Å². The van der Waals surface area contributed by atoms with Gasteiger partial charge in [0.25, 0.3) is 0 Å². The van der Waals surface area contributed by atoms with E-state index in [1.165, 1.54) is 0 Å². The van der Waals surface area contributed by atoms with Crippen molar-refractivity contribution in [2.45, 2.75) is 32.1 Å². The van der Waals surface area contributed by atoms with E-state index < -0.39 is 5.97 Å². The lowest BCUT2D eigenvalue weighted by atomic mass is 9.90. The van der Waals surface area contributed by atoms with Gasteiger partial charge in [0.05, 0.1) is 26.2 Å². The fourth-order valence-corrected chi connectivity index (χ4v) is 2.85. The van der Waals surface area contributed by atoms with E-state index in [0.717, 1.165) is 37.4 Å². The number of aliphatic carboxylic acids is 1. The van der Waals surface area contributed by atoms with Crippen LogP contribution in [-0.2, 0) is 9.53 Å². The van der Waals surface area contributed by atoms with Crippen LogP contribution in [0, 0.1) is 11.3 Å². The van der Waals surface area contributed by atoms with E-state index in [-0.39, 0.29) is 17.8 Å². The van der Waals surface area contributed by atoms with Crippen LogP contribution in [0.3, 0.4) is 0 Å². The summed E-state index contributed by atoms with van der Waals surface area (Å²) in [6.07, 6.45) is 2.52. The highest BCUT2D eigenvalue weighted by atomic mass is 16.5. The Kier molecular flexibility index (Phi) is 3.89. The summed E-state index contributed by atoms with van der Waals surface area (Å²) in [5, 5.41) is 9.05. The summed E-state index contributed by atoms with van der Waals surface area (Å²) in [6.45, 7) is 4.33. The van der Waals surface area contributed by atoms with Gasteiger partial charge in [-0.25, -0.2) is 0 Å². The number of rotatable bonds is 7. The van der Waals surface area contributed by atoms with E-state index in [4.69, 9.17) is 14.6 Å². The van der Waals surface area contributed by atoms with E-state index in [1.54, 1.807) is 0 Å². The Morgan fingerprint density at radius 3 is 2.52 bits per heavy atom. The molecule has 4 nitrogen and oxygen atoms in total. The maximum Gasteiger partial charge on any atom is 0.303 e. The molecule has 114 valence electrons. The Labute approximate surface area is 125 Å². The molecule has 2 aliphatic rings. The molecule has 1 aliphatic heterocycles. The zero-order chi connectivity index (χ0) is 14.9. The predicted molar refractivity (Wildman–Crippen MR) is 78.6 cm³/mol. The monoisotopic (exact) mass is 290 g/mol. The van der Waals surface area contributed by atoms with Gasteiger partial charge in [0.15, 0.2) is 0 Å². The van der Waals surface area contributed by atoms with Gasteiger partial charge in [0, 0.05) is 5.41 Å². The molecule has 0 aromatic heterocycles. The first-order valence-electron chi connectivity index (χ1n) is 7.58. The summed E-state index contributed by atoms with van der Waals surface area (Å²) >= 11 is 0. The molecule has 0 amide bonds. The second-order valence-electron chi connectivity index (χ2n) is 6.70.